The molecule has 0 atom stereocenters. The zero-order valence-electron chi connectivity index (χ0n) is 19.1. The molecule has 1 aliphatic rings. The lowest BCUT2D eigenvalue weighted by Gasteiger charge is -2.29. The molecule has 6 nitrogen and oxygen atoms in total. The first-order chi connectivity index (χ1) is 17.1. The predicted molar refractivity (Wildman–Crippen MR) is 137 cm³/mol. The van der Waals surface area contributed by atoms with Crippen LogP contribution in [-0.2, 0) is 16.0 Å². The van der Waals surface area contributed by atoms with Crippen LogP contribution in [0.3, 0.4) is 0 Å². The van der Waals surface area contributed by atoms with E-state index in [1.165, 1.54) is 5.01 Å². The fourth-order valence-electron chi connectivity index (χ4n) is 4.03. The summed E-state index contributed by atoms with van der Waals surface area (Å²) in [6.07, 6.45) is 1.80. The molecule has 0 spiro atoms. The summed E-state index contributed by atoms with van der Waals surface area (Å²) in [6.45, 7) is 0. The van der Waals surface area contributed by atoms with Gasteiger partial charge in [0.25, 0.3) is 11.8 Å². The van der Waals surface area contributed by atoms with Gasteiger partial charge in [-0.3, -0.25) is 15.0 Å². The summed E-state index contributed by atoms with van der Waals surface area (Å²) in [7, 11) is 1.60. The van der Waals surface area contributed by atoms with Crippen LogP contribution in [0.15, 0.2) is 108 Å². The molecule has 0 fully saturated rings. The molecule has 4 aromatic rings. The topological polar surface area (TPSA) is 71.0 Å². The van der Waals surface area contributed by atoms with Gasteiger partial charge in [-0.2, -0.15) is 0 Å². The van der Waals surface area contributed by atoms with Gasteiger partial charge >= 0.3 is 0 Å². The van der Waals surface area contributed by atoms with Crippen molar-refractivity contribution in [2.75, 3.05) is 7.11 Å². The lowest BCUT2D eigenvalue weighted by atomic mass is 10.0. The average Bonchev–Trinajstić information content (AvgIpc) is 2.90. The lowest BCUT2D eigenvalue weighted by molar-refractivity contribution is -0.135. The molecular weight excluding hydrogens is 438 g/mol. The summed E-state index contributed by atoms with van der Waals surface area (Å²) in [5, 5.41) is 3.32. The Morgan fingerprint density at radius 2 is 1.63 bits per heavy atom. The Bertz CT molecular complexity index is 1450. The Kier molecular flexibility index (Phi) is 6.09. The number of aliphatic imine (C=N–C) groups is 1. The summed E-state index contributed by atoms with van der Waals surface area (Å²) < 4.78 is 5.20. The van der Waals surface area contributed by atoms with Crippen molar-refractivity contribution in [2.24, 2.45) is 4.99 Å². The number of amides is 2. The van der Waals surface area contributed by atoms with Gasteiger partial charge in [-0.05, 0) is 40.1 Å². The van der Waals surface area contributed by atoms with E-state index in [9.17, 15) is 9.59 Å². The molecule has 172 valence electrons. The highest BCUT2D eigenvalue weighted by Crippen LogP contribution is 2.22. The third kappa shape index (κ3) is 4.68. The highest BCUT2D eigenvalue weighted by molar-refractivity contribution is 6.15. The van der Waals surface area contributed by atoms with E-state index in [1.54, 1.807) is 13.2 Å². The minimum atomic E-state index is -0.452. The number of benzene rings is 4. The predicted octanol–water partition coefficient (Wildman–Crippen LogP) is 4.75. The van der Waals surface area contributed by atoms with Crippen molar-refractivity contribution in [2.45, 2.75) is 6.42 Å². The van der Waals surface area contributed by atoms with E-state index in [0.717, 1.165) is 33.2 Å². The van der Waals surface area contributed by atoms with Crippen LogP contribution in [0.5, 0.6) is 5.75 Å². The highest BCUT2D eigenvalue weighted by atomic mass is 16.5. The van der Waals surface area contributed by atoms with Crippen molar-refractivity contribution >= 4 is 34.5 Å². The fraction of sp³-hybridized carbons (Fsp3) is 0.0690. The second-order valence-corrected chi connectivity index (χ2v) is 8.09. The Morgan fingerprint density at radius 1 is 0.914 bits per heavy atom. The van der Waals surface area contributed by atoms with Gasteiger partial charge in [-0.1, -0.05) is 84.9 Å². The fourth-order valence-corrected chi connectivity index (χ4v) is 4.03. The monoisotopic (exact) mass is 461 g/mol. The number of carbonyl (C=O) groups is 2. The number of carbonyl (C=O) groups excluding carboxylic acids is 2. The molecule has 1 N–H and O–H groups in total. The van der Waals surface area contributed by atoms with E-state index in [4.69, 9.17) is 4.74 Å². The number of nitrogens with one attached hydrogen (secondary N) is 1. The third-order valence-electron chi connectivity index (χ3n) is 5.81. The molecule has 1 heterocycles. The van der Waals surface area contributed by atoms with Crippen molar-refractivity contribution in [1.82, 2.24) is 10.4 Å². The van der Waals surface area contributed by atoms with Crippen LogP contribution in [0.1, 0.15) is 16.7 Å². The number of ether oxygens (including phenoxy) is 1. The molecule has 0 aromatic heterocycles. The van der Waals surface area contributed by atoms with Crippen molar-refractivity contribution in [1.29, 1.82) is 0 Å². The molecule has 35 heavy (non-hydrogen) atoms. The second kappa shape index (κ2) is 9.65. The summed E-state index contributed by atoms with van der Waals surface area (Å²) >= 11 is 0. The van der Waals surface area contributed by atoms with Crippen LogP contribution >= 0.6 is 0 Å². The number of rotatable bonds is 5. The quantitative estimate of drug-likeness (QED) is 0.436. The molecule has 5 rings (SSSR count). The van der Waals surface area contributed by atoms with Crippen LogP contribution in [0.4, 0.5) is 0 Å². The molecule has 0 radical (unpaired) electrons. The van der Waals surface area contributed by atoms with Gasteiger partial charge in [0.15, 0.2) is 5.84 Å². The van der Waals surface area contributed by atoms with Crippen LogP contribution in [0, 0.1) is 0 Å². The van der Waals surface area contributed by atoms with Crippen molar-refractivity contribution in [3.8, 4) is 5.75 Å². The van der Waals surface area contributed by atoms with Crippen LogP contribution in [-0.4, -0.2) is 29.8 Å². The zero-order chi connectivity index (χ0) is 24.2. The first kappa shape index (κ1) is 22.1. The van der Waals surface area contributed by atoms with Gasteiger partial charge in [0.2, 0.25) is 0 Å². The van der Waals surface area contributed by atoms with Gasteiger partial charge in [0, 0.05) is 5.56 Å². The minimum absolute atomic E-state index is 0.116. The number of nitrogens with zero attached hydrogens (tertiary/aromatic N) is 2. The molecule has 1 aliphatic heterocycles. The number of methoxy groups -OCH3 is 1. The molecule has 0 saturated carbocycles. The largest absolute Gasteiger partial charge is 0.497 e. The molecule has 0 unspecified atom stereocenters. The van der Waals surface area contributed by atoms with Gasteiger partial charge in [-0.15, -0.1) is 0 Å². The number of hydrazine groups is 1. The Morgan fingerprint density at radius 3 is 2.40 bits per heavy atom. The SMILES string of the molecule is COc1ccc(/C=C2/N=C(c3ccccc3)N(C(=O)Cc3cccc4ccccc34)NC2=O)cc1. The number of fused-ring (bicyclic) bond motifs is 1. The smallest absolute Gasteiger partial charge is 0.288 e. The van der Waals surface area contributed by atoms with Crippen molar-refractivity contribution in [3.63, 3.8) is 0 Å². The Hall–Kier alpha value is -4.71. The summed E-state index contributed by atoms with van der Waals surface area (Å²) in [6, 6.07) is 30.5. The van der Waals surface area contributed by atoms with E-state index < -0.39 is 5.91 Å². The summed E-state index contributed by atoms with van der Waals surface area (Å²) in [5.74, 6) is 0.363. The van der Waals surface area contributed by atoms with E-state index in [-0.39, 0.29) is 18.0 Å². The van der Waals surface area contributed by atoms with E-state index in [2.05, 4.69) is 10.4 Å². The molecule has 0 bridgehead atoms. The standard InChI is InChI=1S/C29H23N3O3/c1-35-24-16-14-20(15-17-24)18-26-29(34)31-32(28(30-26)22-9-3-2-4-10-22)27(33)19-23-12-7-11-21-8-5-6-13-25(21)23/h2-18H,19H2,1H3,(H,31,34)/b26-18+. The maximum absolute atomic E-state index is 13.5. The molecule has 4 aromatic carbocycles. The number of hydrogen-bond acceptors (Lipinski definition) is 4. The van der Waals surface area contributed by atoms with Gasteiger partial charge in [0.05, 0.1) is 13.5 Å². The minimum Gasteiger partial charge on any atom is -0.497 e. The van der Waals surface area contributed by atoms with E-state index in [1.807, 2.05) is 97.1 Å². The summed E-state index contributed by atoms with van der Waals surface area (Å²) in [4.78, 5) is 31.1. The molecule has 2 amide bonds. The van der Waals surface area contributed by atoms with E-state index in [0.29, 0.717) is 5.84 Å². The van der Waals surface area contributed by atoms with Crippen molar-refractivity contribution in [3.05, 3.63) is 119 Å². The molecule has 6 heteroatoms. The maximum atomic E-state index is 13.5. The number of amidine groups is 1. The molecular formula is C29H23N3O3. The first-order valence-corrected chi connectivity index (χ1v) is 11.2. The number of hydrogen-bond donors (Lipinski definition) is 1. The maximum Gasteiger partial charge on any atom is 0.288 e. The highest BCUT2D eigenvalue weighted by Gasteiger charge is 2.30. The first-order valence-electron chi connectivity index (χ1n) is 11.2. The van der Waals surface area contributed by atoms with Crippen LogP contribution in [0.25, 0.3) is 16.8 Å². The normalized spacial score (nSPS) is 14.5. The van der Waals surface area contributed by atoms with Gasteiger partial charge < -0.3 is 4.74 Å². The Balaban J connectivity index is 1.51. The van der Waals surface area contributed by atoms with Crippen LogP contribution in [0.2, 0.25) is 0 Å². The Labute approximate surface area is 203 Å². The molecule has 0 saturated heterocycles. The average molecular weight is 462 g/mol. The van der Waals surface area contributed by atoms with Crippen LogP contribution < -0.4 is 10.2 Å². The lowest BCUT2D eigenvalue weighted by Crippen LogP contribution is -2.53. The zero-order valence-corrected chi connectivity index (χ0v) is 19.1. The second-order valence-electron chi connectivity index (χ2n) is 8.09. The van der Waals surface area contributed by atoms with Gasteiger partial charge in [-0.25, -0.2) is 10.0 Å². The summed E-state index contributed by atoms with van der Waals surface area (Å²) in [5.41, 5.74) is 5.36. The molecule has 0 aliphatic carbocycles. The van der Waals surface area contributed by atoms with E-state index >= 15 is 0 Å². The van der Waals surface area contributed by atoms with Crippen molar-refractivity contribution < 1.29 is 14.3 Å². The van der Waals surface area contributed by atoms with Gasteiger partial charge in [0.1, 0.15) is 11.4 Å². The third-order valence-corrected chi connectivity index (χ3v) is 5.81.